The Morgan fingerprint density at radius 1 is 0.893 bits per heavy atom. The molecule has 1 heterocycles. The standard InChI is InChI=1S/C22H23NO5/c1-26-17-8-4-15(5-9-17)19-11-6-16(7-13-22(24)25)23(19)20-14-18(27-2)10-12-21(20)28-3/h4-6,8-12,14H,7,13H2,1-3H3,(H,24,25). The van der Waals surface area contributed by atoms with E-state index in [1.165, 1.54) is 0 Å². The van der Waals surface area contributed by atoms with Crippen molar-refractivity contribution in [3.8, 4) is 34.2 Å². The SMILES string of the molecule is COc1ccc(-c2ccc(CCC(=O)O)n2-c2cc(OC)ccc2OC)cc1. The molecule has 0 aliphatic rings. The van der Waals surface area contributed by atoms with Crippen LogP contribution in [0.2, 0.25) is 0 Å². The highest BCUT2D eigenvalue weighted by atomic mass is 16.5. The minimum Gasteiger partial charge on any atom is -0.497 e. The smallest absolute Gasteiger partial charge is 0.303 e. The summed E-state index contributed by atoms with van der Waals surface area (Å²) in [5, 5.41) is 9.13. The quantitative estimate of drug-likeness (QED) is 0.634. The second-order valence-electron chi connectivity index (χ2n) is 6.21. The summed E-state index contributed by atoms with van der Waals surface area (Å²) in [4.78, 5) is 11.1. The van der Waals surface area contributed by atoms with E-state index in [-0.39, 0.29) is 6.42 Å². The summed E-state index contributed by atoms with van der Waals surface area (Å²) in [7, 11) is 4.85. The van der Waals surface area contributed by atoms with Crippen LogP contribution in [-0.4, -0.2) is 37.0 Å². The predicted molar refractivity (Wildman–Crippen MR) is 107 cm³/mol. The third kappa shape index (κ3) is 3.96. The zero-order valence-electron chi connectivity index (χ0n) is 16.1. The number of hydrogen-bond donors (Lipinski definition) is 1. The number of aryl methyl sites for hydroxylation is 1. The van der Waals surface area contributed by atoms with E-state index in [1.54, 1.807) is 21.3 Å². The molecule has 0 amide bonds. The molecule has 0 spiro atoms. The van der Waals surface area contributed by atoms with Crippen molar-refractivity contribution in [2.75, 3.05) is 21.3 Å². The first kappa shape index (κ1) is 19.4. The average molecular weight is 381 g/mol. The highest BCUT2D eigenvalue weighted by molar-refractivity contribution is 5.69. The van der Waals surface area contributed by atoms with Crippen molar-refractivity contribution in [1.82, 2.24) is 4.57 Å². The summed E-state index contributed by atoms with van der Waals surface area (Å²) >= 11 is 0. The Kier molecular flexibility index (Phi) is 5.89. The molecule has 3 aromatic rings. The molecule has 0 saturated heterocycles. The number of carboxylic acid groups (broad SMARTS) is 1. The van der Waals surface area contributed by atoms with E-state index in [0.717, 1.165) is 28.4 Å². The van der Waals surface area contributed by atoms with Crippen LogP contribution < -0.4 is 14.2 Å². The maximum atomic E-state index is 11.1. The first-order valence-corrected chi connectivity index (χ1v) is 8.86. The molecular formula is C22H23NO5. The maximum Gasteiger partial charge on any atom is 0.303 e. The molecule has 3 rings (SSSR count). The molecule has 28 heavy (non-hydrogen) atoms. The van der Waals surface area contributed by atoms with E-state index >= 15 is 0 Å². The van der Waals surface area contributed by atoms with Crippen LogP contribution in [0.25, 0.3) is 16.9 Å². The van der Waals surface area contributed by atoms with Gasteiger partial charge in [-0.2, -0.15) is 0 Å². The van der Waals surface area contributed by atoms with Crippen molar-refractivity contribution in [3.63, 3.8) is 0 Å². The van der Waals surface area contributed by atoms with Crippen LogP contribution in [0.4, 0.5) is 0 Å². The highest BCUT2D eigenvalue weighted by Gasteiger charge is 2.17. The van der Waals surface area contributed by atoms with Crippen LogP contribution >= 0.6 is 0 Å². The Hall–Kier alpha value is -3.41. The number of aliphatic carboxylic acids is 1. The van der Waals surface area contributed by atoms with Crippen molar-refractivity contribution in [2.24, 2.45) is 0 Å². The lowest BCUT2D eigenvalue weighted by atomic mass is 10.1. The van der Waals surface area contributed by atoms with Gasteiger partial charge in [0, 0.05) is 11.8 Å². The number of hydrogen-bond acceptors (Lipinski definition) is 4. The Balaban J connectivity index is 2.18. The summed E-state index contributed by atoms with van der Waals surface area (Å²) in [6.45, 7) is 0. The average Bonchev–Trinajstić information content (AvgIpc) is 3.15. The molecule has 0 aliphatic carbocycles. The van der Waals surface area contributed by atoms with Gasteiger partial charge in [-0.3, -0.25) is 4.79 Å². The van der Waals surface area contributed by atoms with Gasteiger partial charge in [-0.25, -0.2) is 0 Å². The van der Waals surface area contributed by atoms with Crippen LogP contribution in [0, 0.1) is 0 Å². The van der Waals surface area contributed by atoms with Crippen molar-refractivity contribution in [1.29, 1.82) is 0 Å². The van der Waals surface area contributed by atoms with Crippen molar-refractivity contribution in [2.45, 2.75) is 12.8 Å². The summed E-state index contributed by atoms with van der Waals surface area (Å²) in [6.07, 6.45) is 0.435. The molecule has 0 atom stereocenters. The minimum absolute atomic E-state index is 0.0400. The lowest BCUT2D eigenvalue weighted by Gasteiger charge is -2.18. The van der Waals surface area contributed by atoms with Crippen molar-refractivity contribution in [3.05, 3.63) is 60.3 Å². The normalized spacial score (nSPS) is 10.5. The van der Waals surface area contributed by atoms with Gasteiger partial charge in [-0.1, -0.05) is 0 Å². The Labute approximate surface area is 163 Å². The van der Waals surface area contributed by atoms with E-state index in [2.05, 4.69) is 0 Å². The molecule has 0 fully saturated rings. The molecule has 0 saturated carbocycles. The first-order chi connectivity index (χ1) is 13.6. The fourth-order valence-electron chi connectivity index (χ4n) is 3.15. The van der Waals surface area contributed by atoms with Crippen LogP contribution in [0.3, 0.4) is 0 Å². The number of carbonyl (C=O) groups is 1. The number of nitrogens with zero attached hydrogens (tertiary/aromatic N) is 1. The number of rotatable bonds is 8. The zero-order valence-corrected chi connectivity index (χ0v) is 16.1. The predicted octanol–water partition coefficient (Wildman–Crippen LogP) is 4.19. The number of aromatic nitrogens is 1. The number of benzene rings is 2. The van der Waals surface area contributed by atoms with Crippen LogP contribution in [0.5, 0.6) is 17.2 Å². The minimum atomic E-state index is -0.837. The maximum absolute atomic E-state index is 11.1. The summed E-state index contributed by atoms with van der Waals surface area (Å²) in [5.74, 6) is 1.29. The fraction of sp³-hybridized carbons (Fsp3) is 0.227. The van der Waals surface area contributed by atoms with Gasteiger partial charge in [-0.05, 0) is 60.5 Å². The molecule has 6 heteroatoms. The topological polar surface area (TPSA) is 69.9 Å². The molecule has 0 unspecified atom stereocenters. The second kappa shape index (κ2) is 8.52. The van der Waals surface area contributed by atoms with Gasteiger partial charge in [0.1, 0.15) is 17.2 Å². The van der Waals surface area contributed by atoms with Gasteiger partial charge >= 0.3 is 5.97 Å². The summed E-state index contributed by atoms with van der Waals surface area (Å²) < 4.78 is 18.2. The van der Waals surface area contributed by atoms with Gasteiger partial charge in [0.25, 0.3) is 0 Å². The first-order valence-electron chi connectivity index (χ1n) is 8.86. The van der Waals surface area contributed by atoms with Gasteiger partial charge in [-0.15, -0.1) is 0 Å². The van der Waals surface area contributed by atoms with Crippen molar-refractivity contribution < 1.29 is 24.1 Å². The van der Waals surface area contributed by atoms with E-state index in [1.807, 2.05) is 59.2 Å². The Morgan fingerprint density at radius 3 is 2.18 bits per heavy atom. The molecule has 1 aromatic heterocycles. The summed E-state index contributed by atoms with van der Waals surface area (Å²) in [6, 6.07) is 17.2. The molecule has 2 aromatic carbocycles. The molecule has 146 valence electrons. The monoisotopic (exact) mass is 381 g/mol. The Bertz CT molecular complexity index is 960. The van der Waals surface area contributed by atoms with Gasteiger partial charge in [0.05, 0.1) is 39.1 Å². The van der Waals surface area contributed by atoms with E-state index in [0.29, 0.717) is 17.9 Å². The number of methoxy groups -OCH3 is 3. The fourth-order valence-corrected chi connectivity index (χ4v) is 3.15. The zero-order chi connectivity index (χ0) is 20.1. The van der Waals surface area contributed by atoms with Gasteiger partial charge in [0.15, 0.2) is 0 Å². The molecule has 1 N–H and O–H groups in total. The van der Waals surface area contributed by atoms with Crippen LogP contribution in [0.1, 0.15) is 12.1 Å². The van der Waals surface area contributed by atoms with Gasteiger partial charge < -0.3 is 23.9 Å². The van der Waals surface area contributed by atoms with Crippen LogP contribution in [0.15, 0.2) is 54.6 Å². The summed E-state index contributed by atoms with van der Waals surface area (Å²) in [5.41, 5.74) is 3.57. The molecular weight excluding hydrogens is 358 g/mol. The molecule has 0 bridgehead atoms. The number of ether oxygens (including phenoxy) is 3. The van der Waals surface area contributed by atoms with E-state index < -0.39 is 5.97 Å². The van der Waals surface area contributed by atoms with Crippen LogP contribution in [-0.2, 0) is 11.2 Å². The molecule has 0 aliphatic heterocycles. The third-order valence-corrected chi connectivity index (χ3v) is 4.57. The lowest BCUT2D eigenvalue weighted by Crippen LogP contribution is -2.07. The molecule has 0 radical (unpaired) electrons. The Morgan fingerprint density at radius 2 is 1.57 bits per heavy atom. The second-order valence-corrected chi connectivity index (χ2v) is 6.21. The van der Waals surface area contributed by atoms with E-state index in [4.69, 9.17) is 19.3 Å². The van der Waals surface area contributed by atoms with E-state index in [9.17, 15) is 4.79 Å². The largest absolute Gasteiger partial charge is 0.497 e. The van der Waals surface area contributed by atoms with Crippen molar-refractivity contribution >= 4 is 5.97 Å². The van der Waals surface area contributed by atoms with Gasteiger partial charge in [0.2, 0.25) is 0 Å². The molecule has 6 nitrogen and oxygen atoms in total. The number of carboxylic acids is 1. The highest BCUT2D eigenvalue weighted by Crippen LogP contribution is 2.35. The lowest BCUT2D eigenvalue weighted by molar-refractivity contribution is -0.136. The third-order valence-electron chi connectivity index (χ3n) is 4.57.